The Morgan fingerprint density at radius 1 is 1.20 bits per heavy atom. The van der Waals surface area contributed by atoms with Crippen LogP contribution in [0.5, 0.6) is 11.5 Å². The molecule has 5 rings (SSSR count). The number of nitrogens with two attached hydrogens (primary N) is 1. The van der Waals surface area contributed by atoms with Gasteiger partial charge in [-0.15, -0.1) is 5.10 Å². The fourth-order valence-electron chi connectivity index (χ4n) is 4.63. The molecule has 1 aliphatic heterocycles. The third-order valence-corrected chi connectivity index (χ3v) is 7.24. The van der Waals surface area contributed by atoms with Gasteiger partial charge in [0.2, 0.25) is 5.91 Å². The van der Waals surface area contributed by atoms with Gasteiger partial charge in [-0.25, -0.2) is 4.79 Å². The fourth-order valence-corrected chi connectivity index (χ4v) is 5.00. The fraction of sp³-hybridized carbons (Fsp3) is 0.214. The van der Waals surface area contributed by atoms with Gasteiger partial charge in [-0.3, -0.25) is 4.79 Å². The maximum atomic E-state index is 13.1. The molecule has 1 saturated heterocycles. The number of para-hydroxylation sites is 1. The van der Waals surface area contributed by atoms with E-state index in [0.717, 1.165) is 5.56 Å². The van der Waals surface area contributed by atoms with E-state index in [0.29, 0.717) is 47.1 Å². The number of carbonyl (C=O) groups excluding carboxylic acids is 2. The second-order valence-electron chi connectivity index (χ2n) is 9.15. The summed E-state index contributed by atoms with van der Waals surface area (Å²) in [6.07, 6.45) is 0.269. The Kier molecular flexibility index (Phi) is 7.80. The lowest BCUT2D eigenvalue weighted by Crippen LogP contribution is -2.31. The molecule has 2 amide bonds. The first kappa shape index (κ1) is 27.3. The van der Waals surface area contributed by atoms with E-state index in [9.17, 15) is 14.9 Å². The van der Waals surface area contributed by atoms with E-state index < -0.39 is 6.03 Å². The number of anilines is 2. The first-order chi connectivity index (χ1) is 19.3. The summed E-state index contributed by atoms with van der Waals surface area (Å²) in [5, 5.41) is 17.5. The van der Waals surface area contributed by atoms with E-state index in [4.69, 9.17) is 38.4 Å². The number of aromatic nitrogens is 2. The number of nitrogens with zero attached hydrogens (tertiary/aromatic N) is 4. The Hall–Kier alpha value is -4.30. The number of ether oxygens (including phenoxy) is 2. The predicted molar refractivity (Wildman–Crippen MR) is 152 cm³/mol. The number of hydrogen-bond acceptors (Lipinski definition) is 7. The van der Waals surface area contributed by atoms with Crippen LogP contribution in [0.3, 0.4) is 0 Å². The van der Waals surface area contributed by atoms with Crippen molar-refractivity contribution in [3.63, 3.8) is 0 Å². The van der Waals surface area contributed by atoms with Crippen molar-refractivity contribution in [1.82, 2.24) is 15.1 Å². The van der Waals surface area contributed by atoms with E-state index in [1.807, 2.05) is 6.07 Å². The highest BCUT2D eigenvalue weighted by Gasteiger charge is 2.32. The third-order valence-electron chi connectivity index (χ3n) is 6.63. The molecule has 1 aliphatic rings. The molecule has 0 unspecified atom stereocenters. The van der Waals surface area contributed by atoms with Gasteiger partial charge in [0.25, 0.3) is 0 Å². The molecule has 3 aromatic carbocycles. The molecule has 0 spiro atoms. The van der Waals surface area contributed by atoms with Crippen molar-refractivity contribution in [2.24, 2.45) is 0 Å². The summed E-state index contributed by atoms with van der Waals surface area (Å²) in [6, 6.07) is 17.1. The Labute approximate surface area is 239 Å². The van der Waals surface area contributed by atoms with Gasteiger partial charge < -0.3 is 25.4 Å². The maximum Gasteiger partial charge on any atom is 0.342 e. The number of carbonyl (C=O) groups is 2. The first-order valence-corrected chi connectivity index (χ1v) is 13.1. The SMILES string of the molecule is COCCNC(=O)n1nc(N)c2cc(N3C[C@@H](c4ccc(Cl)c(Oc5c(Cl)cccc5C#N)c4)CC3=O)ccc21. The number of hydrogen-bond donors (Lipinski definition) is 2. The zero-order valence-corrected chi connectivity index (χ0v) is 22.9. The highest BCUT2D eigenvalue weighted by atomic mass is 35.5. The number of halogens is 2. The summed E-state index contributed by atoms with van der Waals surface area (Å²) < 4.78 is 12.1. The van der Waals surface area contributed by atoms with Crippen LogP contribution in [0.15, 0.2) is 54.6 Å². The van der Waals surface area contributed by atoms with Crippen molar-refractivity contribution >= 4 is 57.5 Å². The van der Waals surface area contributed by atoms with Crippen LogP contribution in [-0.2, 0) is 9.53 Å². The second kappa shape index (κ2) is 11.4. The Balaban J connectivity index is 1.38. The van der Waals surface area contributed by atoms with Gasteiger partial charge in [0.1, 0.15) is 11.8 Å². The van der Waals surface area contributed by atoms with E-state index in [-0.39, 0.29) is 40.4 Å². The van der Waals surface area contributed by atoms with E-state index in [2.05, 4.69) is 16.5 Å². The summed E-state index contributed by atoms with van der Waals surface area (Å²) >= 11 is 12.7. The first-order valence-electron chi connectivity index (χ1n) is 12.3. The van der Waals surface area contributed by atoms with Crippen molar-refractivity contribution in [3.8, 4) is 17.6 Å². The Morgan fingerprint density at radius 3 is 2.80 bits per heavy atom. The zero-order valence-electron chi connectivity index (χ0n) is 21.4. The highest BCUT2D eigenvalue weighted by Crippen LogP contribution is 2.40. The lowest BCUT2D eigenvalue weighted by Gasteiger charge is -2.18. The summed E-state index contributed by atoms with van der Waals surface area (Å²) in [5.74, 6) is 0.519. The van der Waals surface area contributed by atoms with Crippen molar-refractivity contribution in [3.05, 3.63) is 75.8 Å². The van der Waals surface area contributed by atoms with Crippen LogP contribution in [0.1, 0.15) is 23.5 Å². The molecule has 1 fully saturated rings. The molecule has 12 heteroatoms. The van der Waals surface area contributed by atoms with Crippen molar-refractivity contribution in [1.29, 1.82) is 5.26 Å². The number of nitrogens with one attached hydrogen (secondary N) is 1. The minimum atomic E-state index is -0.428. The molecule has 3 N–H and O–H groups in total. The van der Waals surface area contributed by atoms with Crippen molar-refractivity contribution in [2.45, 2.75) is 12.3 Å². The zero-order chi connectivity index (χ0) is 28.4. The van der Waals surface area contributed by atoms with Crippen LogP contribution in [0.25, 0.3) is 10.9 Å². The Bertz CT molecular complexity index is 1660. The molecule has 0 bridgehead atoms. The minimum absolute atomic E-state index is 0.0667. The van der Waals surface area contributed by atoms with E-state index >= 15 is 0 Å². The number of benzene rings is 3. The normalized spacial score (nSPS) is 14.9. The Morgan fingerprint density at radius 2 is 2.02 bits per heavy atom. The topological polar surface area (TPSA) is 136 Å². The largest absolute Gasteiger partial charge is 0.453 e. The standard InChI is InChI=1S/C28H24Cl2N6O4/c1-39-10-9-33-28(38)36-23-8-6-19(13-20(23)27(32)34-36)35-15-18(12-25(35)37)16-5-7-21(29)24(11-16)40-26-17(14-31)3-2-4-22(26)30/h2-8,11,13,18H,9-10,12,15H2,1H3,(H2,32,34)(H,33,38)/t18-/m0/s1. The van der Waals surface area contributed by atoms with Crippen LogP contribution >= 0.6 is 23.2 Å². The van der Waals surface area contributed by atoms with Crippen LogP contribution in [-0.4, -0.2) is 48.5 Å². The molecular weight excluding hydrogens is 555 g/mol. The lowest BCUT2D eigenvalue weighted by atomic mass is 9.98. The van der Waals surface area contributed by atoms with Crippen LogP contribution in [0.4, 0.5) is 16.3 Å². The molecular formula is C28H24Cl2N6O4. The number of nitrogen functional groups attached to an aromatic ring is 1. The van der Waals surface area contributed by atoms with Gasteiger partial charge in [-0.2, -0.15) is 9.94 Å². The van der Waals surface area contributed by atoms with Gasteiger partial charge in [0, 0.05) is 43.6 Å². The third kappa shape index (κ3) is 5.27. The number of fused-ring (bicyclic) bond motifs is 1. The van der Waals surface area contributed by atoms with E-state index in [1.165, 1.54) is 4.68 Å². The number of nitriles is 1. The molecule has 40 heavy (non-hydrogen) atoms. The van der Waals surface area contributed by atoms with Gasteiger partial charge in [0.05, 0.1) is 27.7 Å². The summed E-state index contributed by atoms with van der Waals surface area (Å²) in [6.45, 7) is 1.10. The summed E-state index contributed by atoms with van der Waals surface area (Å²) in [7, 11) is 1.55. The highest BCUT2D eigenvalue weighted by molar-refractivity contribution is 6.33. The van der Waals surface area contributed by atoms with Crippen molar-refractivity contribution in [2.75, 3.05) is 37.4 Å². The average molecular weight is 579 g/mol. The van der Waals surface area contributed by atoms with Gasteiger partial charge in [-0.1, -0.05) is 35.3 Å². The quantitative estimate of drug-likeness (QED) is 0.283. The molecule has 10 nitrogen and oxygen atoms in total. The van der Waals surface area contributed by atoms with Gasteiger partial charge in [-0.05, 0) is 48.0 Å². The van der Waals surface area contributed by atoms with Crippen LogP contribution in [0.2, 0.25) is 10.0 Å². The molecule has 2 heterocycles. The second-order valence-corrected chi connectivity index (χ2v) is 9.96. The monoisotopic (exact) mass is 578 g/mol. The summed E-state index contributed by atoms with van der Waals surface area (Å²) in [5.41, 5.74) is 8.42. The summed E-state index contributed by atoms with van der Waals surface area (Å²) in [4.78, 5) is 27.3. The van der Waals surface area contributed by atoms with Crippen LogP contribution < -0.4 is 20.7 Å². The molecule has 204 valence electrons. The maximum absolute atomic E-state index is 13.1. The smallest absolute Gasteiger partial charge is 0.342 e. The molecule has 0 radical (unpaired) electrons. The van der Waals surface area contributed by atoms with Crippen molar-refractivity contribution < 1.29 is 19.1 Å². The van der Waals surface area contributed by atoms with Gasteiger partial charge in [0.15, 0.2) is 11.6 Å². The number of amides is 2. The molecule has 4 aromatic rings. The van der Waals surface area contributed by atoms with Crippen LogP contribution in [0, 0.1) is 11.3 Å². The molecule has 0 saturated carbocycles. The average Bonchev–Trinajstić information content (AvgIpc) is 3.50. The molecule has 1 aromatic heterocycles. The van der Waals surface area contributed by atoms with E-state index in [1.54, 1.807) is 60.5 Å². The lowest BCUT2D eigenvalue weighted by molar-refractivity contribution is -0.117. The van der Waals surface area contributed by atoms with Gasteiger partial charge >= 0.3 is 6.03 Å². The molecule has 1 atom stereocenters. The minimum Gasteiger partial charge on any atom is -0.453 e. The number of rotatable bonds is 7. The number of methoxy groups -OCH3 is 1. The molecule has 0 aliphatic carbocycles. The predicted octanol–water partition coefficient (Wildman–Crippen LogP) is 5.31.